The van der Waals surface area contributed by atoms with E-state index < -0.39 is 29.3 Å². The fourth-order valence-electron chi connectivity index (χ4n) is 1.93. The van der Waals surface area contributed by atoms with E-state index in [1.807, 2.05) is 0 Å². The number of ketones is 1. The number of rotatable bonds is 4. The predicted molar refractivity (Wildman–Crippen MR) is 109 cm³/mol. The van der Waals surface area contributed by atoms with Crippen molar-refractivity contribution >= 4 is 17.7 Å². The molecule has 0 atom stereocenters. The van der Waals surface area contributed by atoms with Crippen molar-refractivity contribution in [1.82, 2.24) is 20.0 Å². The maximum atomic E-state index is 12.6. The van der Waals surface area contributed by atoms with Crippen LogP contribution in [-0.4, -0.2) is 56.9 Å². The molecule has 3 aromatic rings. The first kappa shape index (κ1) is 26.8. The molecule has 1 N–H and O–H groups in total. The van der Waals surface area contributed by atoms with E-state index in [0.717, 1.165) is 48.0 Å². The van der Waals surface area contributed by atoms with Gasteiger partial charge in [-0.05, 0) is 25.1 Å². The number of hydroxylamine groups is 2. The number of carbonyl (C=O) groups excluding carboxylic acids is 2. The van der Waals surface area contributed by atoms with Crippen molar-refractivity contribution in [2.75, 3.05) is 14.2 Å². The zero-order valence-corrected chi connectivity index (χ0v) is 17.7. The number of carboxylic acids is 1. The van der Waals surface area contributed by atoms with Crippen LogP contribution in [0.4, 0.5) is 13.2 Å². The molecular weight excluding hydrogens is 445 g/mol. The van der Waals surface area contributed by atoms with Gasteiger partial charge in [0.2, 0.25) is 0 Å². The molecule has 9 nitrogen and oxygen atoms in total. The number of nitrogens with zero attached hydrogens (tertiary/aromatic N) is 4. The Hall–Kier alpha value is -4.19. The Morgan fingerprint density at radius 1 is 0.788 bits per heavy atom. The monoisotopic (exact) mass is 464 g/mol. The second kappa shape index (κ2) is 13.3. The third-order valence-electron chi connectivity index (χ3n) is 3.57. The molecule has 3 heterocycles. The molecule has 3 aromatic heterocycles. The van der Waals surface area contributed by atoms with Gasteiger partial charge >= 0.3 is 5.97 Å². The highest BCUT2D eigenvalue weighted by molar-refractivity contribution is 5.93. The van der Waals surface area contributed by atoms with Crippen LogP contribution in [0.2, 0.25) is 0 Å². The number of halogens is 3. The van der Waals surface area contributed by atoms with Crippen molar-refractivity contribution in [2.45, 2.75) is 6.92 Å². The minimum Gasteiger partial charge on any atom is -0.478 e. The van der Waals surface area contributed by atoms with E-state index in [-0.39, 0.29) is 16.9 Å². The van der Waals surface area contributed by atoms with Gasteiger partial charge in [-0.25, -0.2) is 23.0 Å². The molecule has 33 heavy (non-hydrogen) atoms. The van der Waals surface area contributed by atoms with Crippen LogP contribution >= 0.6 is 0 Å². The van der Waals surface area contributed by atoms with Crippen LogP contribution in [-0.2, 0) is 4.84 Å². The highest BCUT2D eigenvalue weighted by atomic mass is 19.1. The summed E-state index contributed by atoms with van der Waals surface area (Å²) in [5.41, 5.74) is 0.323. The summed E-state index contributed by atoms with van der Waals surface area (Å²) in [6, 6.07) is 3.18. The fraction of sp³-hybridized carbons (Fsp3) is 0.143. The number of carboxylic acid groups (broad SMARTS) is 1. The van der Waals surface area contributed by atoms with Crippen molar-refractivity contribution in [1.29, 1.82) is 0 Å². The lowest BCUT2D eigenvalue weighted by atomic mass is 10.2. The lowest BCUT2D eigenvalue weighted by Crippen LogP contribution is -2.25. The molecule has 0 aromatic carbocycles. The van der Waals surface area contributed by atoms with Gasteiger partial charge in [0.25, 0.3) is 5.91 Å². The zero-order chi connectivity index (χ0) is 25.0. The van der Waals surface area contributed by atoms with Crippen LogP contribution in [0.15, 0.2) is 55.4 Å². The number of aromatic carboxylic acids is 1. The Morgan fingerprint density at radius 3 is 1.52 bits per heavy atom. The molecule has 0 radical (unpaired) electrons. The summed E-state index contributed by atoms with van der Waals surface area (Å²) in [7, 11) is 2.79. The number of amides is 1. The van der Waals surface area contributed by atoms with E-state index in [0.29, 0.717) is 5.56 Å². The van der Waals surface area contributed by atoms with Crippen molar-refractivity contribution in [2.24, 2.45) is 0 Å². The van der Waals surface area contributed by atoms with Crippen LogP contribution < -0.4 is 0 Å². The third-order valence-corrected chi connectivity index (χ3v) is 3.57. The van der Waals surface area contributed by atoms with Crippen LogP contribution in [0.3, 0.4) is 0 Å². The third kappa shape index (κ3) is 9.65. The van der Waals surface area contributed by atoms with E-state index >= 15 is 0 Å². The Morgan fingerprint density at radius 2 is 1.18 bits per heavy atom. The molecule has 0 bridgehead atoms. The number of hydrogen-bond donors (Lipinski definition) is 1. The maximum absolute atomic E-state index is 12.6. The summed E-state index contributed by atoms with van der Waals surface area (Å²) in [6.45, 7) is 1.37. The first-order chi connectivity index (χ1) is 15.5. The summed E-state index contributed by atoms with van der Waals surface area (Å²) in [4.78, 5) is 47.1. The number of Topliss-reactive ketones (excluding diaryl/α,β-unsaturated/α-hetero) is 1. The van der Waals surface area contributed by atoms with Gasteiger partial charge in [0.15, 0.2) is 5.78 Å². The predicted octanol–water partition coefficient (Wildman–Crippen LogP) is 3.20. The number of hydrogen-bond acceptors (Lipinski definition) is 7. The minimum absolute atomic E-state index is 0.139. The van der Waals surface area contributed by atoms with E-state index in [4.69, 9.17) is 5.11 Å². The summed E-state index contributed by atoms with van der Waals surface area (Å²) in [6.07, 6.45) is 6.75. The average molecular weight is 464 g/mol. The largest absolute Gasteiger partial charge is 0.478 e. The topological polar surface area (TPSA) is 123 Å². The lowest BCUT2D eigenvalue weighted by Gasteiger charge is -2.12. The van der Waals surface area contributed by atoms with Crippen molar-refractivity contribution in [3.8, 4) is 0 Å². The summed E-state index contributed by atoms with van der Waals surface area (Å²) < 4.78 is 37.1. The van der Waals surface area contributed by atoms with Crippen LogP contribution in [0.1, 0.15) is 38.0 Å². The van der Waals surface area contributed by atoms with E-state index in [1.165, 1.54) is 33.5 Å². The summed E-state index contributed by atoms with van der Waals surface area (Å²) in [5.74, 6) is -3.45. The van der Waals surface area contributed by atoms with E-state index in [1.54, 1.807) is 0 Å². The Balaban J connectivity index is 0.000000251. The second-order valence-corrected chi connectivity index (χ2v) is 6.02. The van der Waals surface area contributed by atoms with Crippen LogP contribution in [0.5, 0.6) is 0 Å². The molecule has 0 aliphatic heterocycles. The second-order valence-electron chi connectivity index (χ2n) is 6.02. The van der Waals surface area contributed by atoms with E-state index in [2.05, 4.69) is 19.8 Å². The highest BCUT2D eigenvalue weighted by Crippen LogP contribution is 2.04. The first-order valence-corrected chi connectivity index (χ1v) is 8.93. The van der Waals surface area contributed by atoms with Crippen LogP contribution in [0, 0.1) is 17.5 Å². The highest BCUT2D eigenvalue weighted by Gasteiger charge is 2.11. The maximum Gasteiger partial charge on any atom is 0.337 e. The average Bonchev–Trinajstić information content (AvgIpc) is 2.79. The van der Waals surface area contributed by atoms with Gasteiger partial charge in [0, 0.05) is 31.2 Å². The molecule has 0 saturated carbocycles. The number of pyridine rings is 3. The molecule has 12 heteroatoms. The molecule has 0 aliphatic carbocycles. The Labute approximate surface area is 186 Å². The molecule has 0 spiro atoms. The van der Waals surface area contributed by atoms with Crippen molar-refractivity contribution < 1.29 is 37.5 Å². The zero-order valence-electron chi connectivity index (χ0n) is 17.7. The van der Waals surface area contributed by atoms with Gasteiger partial charge < -0.3 is 5.11 Å². The quantitative estimate of drug-likeness (QED) is 0.461. The molecule has 0 aliphatic rings. The van der Waals surface area contributed by atoms with Gasteiger partial charge in [-0.3, -0.25) is 29.4 Å². The van der Waals surface area contributed by atoms with Crippen LogP contribution in [0.25, 0.3) is 0 Å². The minimum atomic E-state index is -1.17. The molecule has 0 saturated heterocycles. The van der Waals surface area contributed by atoms with Crippen molar-refractivity contribution in [3.63, 3.8) is 0 Å². The molecular formula is C21H19F3N4O5. The molecule has 1 amide bonds. The van der Waals surface area contributed by atoms with Gasteiger partial charge in [-0.2, -0.15) is 0 Å². The summed E-state index contributed by atoms with van der Waals surface area (Å²) in [5, 5.41) is 9.30. The molecule has 174 valence electrons. The first-order valence-electron chi connectivity index (χ1n) is 8.93. The van der Waals surface area contributed by atoms with Gasteiger partial charge in [-0.1, -0.05) is 0 Å². The Bertz CT molecular complexity index is 1060. The standard InChI is InChI=1S/C8H9FN2O2.C7H6FNO.C6H4FNO2/c1-11(13-2)8(12)6-3-7(9)5-10-4-6;1-5(10)6-2-7(8)4-9-3-6;7-5-1-4(6(9)10)2-8-3-5/h3-5H,1-2H3;2-4H,1H3;1-3H,(H,9,10). The molecule has 3 rings (SSSR count). The Kier molecular flexibility index (Phi) is 10.8. The number of carbonyl (C=O) groups is 3. The molecule has 0 unspecified atom stereocenters. The lowest BCUT2D eigenvalue weighted by molar-refractivity contribution is -0.0757. The smallest absolute Gasteiger partial charge is 0.337 e. The molecule has 0 fully saturated rings. The van der Waals surface area contributed by atoms with Crippen molar-refractivity contribution in [3.05, 3.63) is 89.5 Å². The fourth-order valence-corrected chi connectivity index (χ4v) is 1.93. The van der Waals surface area contributed by atoms with Gasteiger partial charge in [0.05, 0.1) is 36.8 Å². The van der Waals surface area contributed by atoms with Gasteiger partial charge in [-0.15, -0.1) is 0 Å². The summed E-state index contributed by atoms with van der Waals surface area (Å²) >= 11 is 0. The SMILES string of the molecule is CC(=O)c1cncc(F)c1.CON(C)C(=O)c1cncc(F)c1.O=C(O)c1cncc(F)c1. The van der Waals surface area contributed by atoms with Gasteiger partial charge in [0.1, 0.15) is 17.5 Å². The number of aromatic nitrogens is 3. The normalized spacial score (nSPS) is 9.52. The van der Waals surface area contributed by atoms with E-state index in [9.17, 15) is 27.6 Å².